The molecule has 0 fully saturated rings. The predicted molar refractivity (Wildman–Crippen MR) is 113 cm³/mol. The van der Waals surface area contributed by atoms with Crippen LogP contribution in [0.2, 0.25) is 5.02 Å². The lowest BCUT2D eigenvalue weighted by Crippen LogP contribution is -2.27. The van der Waals surface area contributed by atoms with E-state index in [0.29, 0.717) is 16.4 Å². The van der Waals surface area contributed by atoms with Crippen LogP contribution >= 0.6 is 11.6 Å². The van der Waals surface area contributed by atoms with E-state index in [4.69, 9.17) is 11.6 Å². The van der Waals surface area contributed by atoms with Crippen molar-refractivity contribution in [1.29, 1.82) is 0 Å². The maximum absolute atomic E-state index is 13.1. The van der Waals surface area contributed by atoms with Gasteiger partial charge in [-0.2, -0.15) is 0 Å². The van der Waals surface area contributed by atoms with Crippen LogP contribution in [0, 0.1) is 12.7 Å². The number of halogens is 2. The normalized spacial score (nSPS) is 12.1. The molecule has 8 heteroatoms. The van der Waals surface area contributed by atoms with E-state index in [1.165, 1.54) is 22.7 Å². The first-order valence-corrected chi connectivity index (χ1v) is 9.65. The number of hydrogen-bond donors (Lipinski definition) is 2. The van der Waals surface area contributed by atoms with Crippen molar-refractivity contribution in [2.45, 2.75) is 19.9 Å². The second-order valence-corrected chi connectivity index (χ2v) is 7.46. The Bertz CT molecular complexity index is 1310. The minimum Gasteiger partial charge on any atom is -0.344 e. The van der Waals surface area contributed by atoms with Crippen molar-refractivity contribution in [3.8, 4) is 11.3 Å². The highest BCUT2D eigenvalue weighted by Crippen LogP contribution is 2.23. The molecule has 6 nitrogen and oxygen atoms in total. The Hall–Kier alpha value is -3.45. The fraction of sp³-hybridized carbons (Fsp3) is 0.136. The Morgan fingerprint density at radius 3 is 2.63 bits per heavy atom. The number of fused-ring (bicyclic) bond motifs is 1. The summed E-state index contributed by atoms with van der Waals surface area (Å²) in [5.74, 6) is -0.776. The van der Waals surface area contributed by atoms with Crippen LogP contribution in [-0.4, -0.2) is 20.3 Å². The zero-order chi connectivity index (χ0) is 21.4. The third-order valence-corrected chi connectivity index (χ3v) is 5.31. The average molecular weight is 425 g/mol. The van der Waals surface area contributed by atoms with Crippen LogP contribution < -0.4 is 11.0 Å². The van der Waals surface area contributed by atoms with Crippen molar-refractivity contribution in [1.82, 2.24) is 19.7 Å². The van der Waals surface area contributed by atoms with Gasteiger partial charge in [-0.15, -0.1) is 0 Å². The molecular formula is C22H18ClFN4O2. The average Bonchev–Trinajstić information content (AvgIpc) is 3.15. The minimum atomic E-state index is -0.432. The molecule has 0 aliphatic carbocycles. The lowest BCUT2D eigenvalue weighted by molar-refractivity contribution is 0.0935. The van der Waals surface area contributed by atoms with E-state index in [0.717, 1.165) is 16.7 Å². The van der Waals surface area contributed by atoms with E-state index in [2.05, 4.69) is 15.3 Å². The van der Waals surface area contributed by atoms with Crippen LogP contribution in [0.15, 0.2) is 59.5 Å². The van der Waals surface area contributed by atoms with E-state index in [9.17, 15) is 14.0 Å². The van der Waals surface area contributed by atoms with Gasteiger partial charge in [0.15, 0.2) is 0 Å². The Balaban J connectivity index is 1.63. The van der Waals surface area contributed by atoms with Crippen LogP contribution in [0.1, 0.15) is 34.6 Å². The zero-order valence-corrected chi connectivity index (χ0v) is 17.0. The van der Waals surface area contributed by atoms with Gasteiger partial charge in [-0.1, -0.05) is 29.8 Å². The van der Waals surface area contributed by atoms with Gasteiger partial charge in [0, 0.05) is 17.3 Å². The number of hydrogen-bond acceptors (Lipinski definition) is 3. The maximum Gasteiger partial charge on any atom is 0.331 e. The number of amides is 1. The lowest BCUT2D eigenvalue weighted by Gasteiger charge is -2.13. The monoisotopic (exact) mass is 424 g/mol. The van der Waals surface area contributed by atoms with E-state index in [-0.39, 0.29) is 17.6 Å². The quantitative estimate of drug-likeness (QED) is 0.513. The van der Waals surface area contributed by atoms with E-state index < -0.39 is 11.6 Å². The highest BCUT2D eigenvalue weighted by Gasteiger charge is 2.16. The van der Waals surface area contributed by atoms with Crippen molar-refractivity contribution in [2.75, 3.05) is 0 Å². The number of imidazole rings is 1. The van der Waals surface area contributed by atoms with Crippen molar-refractivity contribution in [3.63, 3.8) is 0 Å². The van der Waals surface area contributed by atoms with Crippen molar-refractivity contribution < 1.29 is 9.18 Å². The largest absolute Gasteiger partial charge is 0.344 e. The topological polar surface area (TPSA) is 79.3 Å². The molecule has 0 aliphatic heterocycles. The number of H-pyrrole nitrogens is 1. The van der Waals surface area contributed by atoms with Crippen LogP contribution in [0.5, 0.6) is 0 Å². The molecule has 30 heavy (non-hydrogen) atoms. The number of benzene rings is 2. The second-order valence-electron chi connectivity index (χ2n) is 7.05. The van der Waals surface area contributed by atoms with Gasteiger partial charge >= 0.3 is 5.69 Å². The van der Waals surface area contributed by atoms with Gasteiger partial charge in [0.05, 0.1) is 11.7 Å². The van der Waals surface area contributed by atoms with Gasteiger partial charge in [0.1, 0.15) is 17.2 Å². The molecule has 2 aromatic carbocycles. The van der Waals surface area contributed by atoms with Crippen molar-refractivity contribution >= 4 is 23.2 Å². The highest BCUT2D eigenvalue weighted by molar-refractivity contribution is 6.31. The Kier molecular flexibility index (Phi) is 5.13. The number of carbonyl (C=O) groups is 1. The number of nitrogens with zero attached hydrogens (tertiary/aromatic N) is 2. The Morgan fingerprint density at radius 2 is 1.93 bits per heavy atom. The Morgan fingerprint density at radius 1 is 1.20 bits per heavy atom. The standard InChI is InChI=1S/C22H18ClFN4O2/c1-12-9-15(5-8-17(12)23)18-10-20-26-19(11-28(20)22(30)27-18)21(29)25-13(2)14-3-6-16(24)7-4-14/h3-11,13H,1-2H3,(H,25,29)(H,27,30). The van der Waals surface area contributed by atoms with E-state index in [1.54, 1.807) is 37.3 Å². The molecule has 2 aromatic heterocycles. The fourth-order valence-corrected chi connectivity index (χ4v) is 3.30. The molecule has 1 amide bonds. The maximum atomic E-state index is 13.1. The Labute approximate surface area is 176 Å². The minimum absolute atomic E-state index is 0.110. The number of nitrogens with one attached hydrogen (secondary N) is 2. The molecule has 152 valence electrons. The molecule has 1 atom stereocenters. The van der Waals surface area contributed by atoms with Gasteiger partial charge in [-0.25, -0.2) is 14.2 Å². The summed E-state index contributed by atoms with van der Waals surface area (Å²) >= 11 is 6.07. The summed E-state index contributed by atoms with van der Waals surface area (Å²) in [4.78, 5) is 32.2. The SMILES string of the molecule is Cc1cc(-c2cc3nc(C(=O)NC(C)c4ccc(F)cc4)cn3c(=O)[nH]2)ccc1Cl. The highest BCUT2D eigenvalue weighted by atomic mass is 35.5. The molecule has 0 radical (unpaired) electrons. The van der Waals surface area contributed by atoms with Gasteiger partial charge in [-0.3, -0.25) is 9.20 Å². The lowest BCUT2D eigenvalue weighted by atomic mass is 10.1. The summed E-state index contributed by atoms with van der Waals surface area (Å²) in [7, 11) is 0. The first-order valence-electron chi connectivity index (χ1n) is 9.27. The van der Waals surface area contributed by atoms with Crippen LogP contribution in [-0.2, 0) is 0 Å². The van der Waals surface area contributed by atoms with Crippen molar-refractivity contribution in [2.24, 2.45) is 0 Å². The fourth-order valence-electron chi connectivity index (χ4n) is 3.18. The molecule has 0 saturated heterocycles. The molecule has 2 N–H and O–H groups in total. The first-order chi connectivity index (χ1) is 14.3. The van der Waals surface area contributed by atoms with Gasteiger partial charge in [-0.05, 0) is 54.8 Å². The summed E-state index contributed by atoms with van der Waals surface area (Å²) in [6, 6.07) is 12.7. The predicted octanol–water partition coefficient (Wildman–Crippen LogP) is 4.28. The van der Waals surface area contributed by atoms with Crippen LogP contribution in [0.4, 0.5) is 4.39 Å². The molecular weight excluding hydrogens is 407 g/mol. The number of aromatic amines is 1. The third kappa shape index (κ3) is 3.84. The zero-order valence-electron chi connectivity index (χ0n) is 16.2. The molecule has 0 bridgehead atoms. The van der Waals surface area contributed by atoms with Crippen LogP contribution in [0.3, 0.4) is 0 Å². The first kappa shape index (κ1) is 19.8. The van der Waals surface area contributed by atoms with E-state index in [1.807, 2.05) is 13.0 Å². The summed E-state index contributed by atoms with van der Waals surface area (Å²) in [5.41, 5.74) is 3.05. The van der Waals surface area contributed by atoms with Crippen LogP contribution in [0.25, 0.3) is 16.9 Å². The van der Waals surface area contributed by atoms with E-state index >= 15 is 0 Å². The van der Waals surface area contributed by atoms with Crippen molar-refractivity contribution in [3.05, 3.63) is 92.9 Å². The second kappa shape index (κ2) is 7.76. The summed E-state index contributed by atoms with van der Waals surface area (Å²) in [6.45, 7) is 3.66. The summed E-state index contributed by atoms with van der Waals surface area (Å²) < 4.78 is 14.4. The molecule has 4 rings (SSSR count). The molecule has 0 saturated carbocycles. The summed E-state index contributed by atoms with van der Waals surface area (Å²) in [5, 5.41) is 3.44. The number of aromatic nitrogens is 3. The number of carbonyl (C=O) groups excluding carboxylic acids is 1. The molecule has 2 heterocycles. The van der Waals surface area contributed by atoms with Gasteiger partial charge in [0.25, 0.3) is 5.91 Å². The molecule has 4 aromatic rings. The molecule has 0 spiro atoms. The third-order valence-electron chi connectivity index (χ3n) is 4.89. The number of rotatable bonds is 4. The molecule has 1 unspecified atom stereocenters. The smallest absolute Gasteiger partial charge is 0.331 e. The molecule has 0 aliphatic rings. The van der Waals surface area contributed by atoms with Gasteiger partial charge in [0.2, 0.25) is 0 Å². The van der Waals surface area contributed by atoms with Gasteiger partial charge < -0.3 is 10.3 Å². The summed E-state index contributed by atoms with van der Waals surface area (Å²) in [6.07, 6.45) is 1.39. The number of aryl methyl sites for hydroxylation is 1.